The molecule has 1 radical (unpaired) electrons. The Hall–Kier alpha value is -2.55. The Morgan fingerprint density at radius 3 is 2.42 bits per heavy atom. The van der Waals surface area contributed by atoms with Gasteiger partial charge in [0.2, 0.25) is 0 Å². The van der Waals surface area contributed by atoms with Crippen molar-refractivity contribution in [1.82, 2.24) is 4.58 Å². The summed E-state index contributed by atoms with van der Waals surface area (Å²) in [4.78, 5) is 2.35. The van der Waals surface area contributed by atoms with Crippen molar-refractivity contribution in [2.45, 2.75) is 6.42 Å². The van der Waals surface area contributed by atoms with Crippen molar-refractivity contribution in [1.29, 1.82) is 0 Å². The van der Waals surface area contributed by atoms with Crippen LogP contribution >= 0.6 is 0 Å². The minimum atomic E-state index is 0. The van der Waals surface area contributed by atoms with Gasteiger partial charge >= 0.3 is 6.34 Å². The second kappa shape index (κ2) is 6.64. The van der Waals surface area contributed by atoms with Gasteiger partial charge in [0.25, 0.3) is 5.84 Å². The molecule has 4 heteroatoms. The first-order valence-corrected chi connectivity index (χ1v) is 8.43. The molecule has 0 saturated heterocycles. The largest absolute Gasteiger partial charge is 0.320 e. The maximum absolute atomic E-state index is 3.51. The SMILES string of the molecule is C[N+]1=C2Cc3ccccc3N2c2ccccc2[N+](c2[c-]cccc2)=[C-]1.[Ir]. The fraction of sp³-hybridized carbons (Fsp3) is 0.0909. The summed E-state index contributed by atoms with van der Waals surface area (Å²) in [5.74, 6) is 1.21. The molecule has 0 aromatic heterocycles. The molecule has 3 nitrogen and oxygen atoms in total. The quantitative estimate of drug-likeness (QED) is 0.352. The third-order valence-electron chi connectivity index (χ3n) is 4.77. The van der Waals surface area contributed by atoms with E-state index in [1.165, 1.54) is 17.1 Å². The molecule has 26 heavy (non-hydrogen) atoms. The van der Waals surface area contributed by atoms with Gasteiger partial charge in [-0.1, -0.05) is 30.3 Å². The Kier molecular flexibility index (Phi) is 4.31. The second-order valence-corrected chi connectivity index (χ2v) is 6.29. The van der Waals surface area contributed by atoms with Gasteiger partial charge in [0.05, 0.1) is 13.5 Å². The smallest absolute Gasteiger partial charge is 0.299 e. The first-order valence-electron chi connectivity index (χ1n) is 8.43. The number of amidine groups is 1. The summed E-state index contributed by atoms with van der Waals surface area (Å²) in [5, 5.41) is 0. The van der Waals surface area contributed by atoms with Crippen molar-refractivity contribution >= 4 is 34.9 Å². The van der Waals surface area contributed by atoms with Crippen molar-refractivity contribution in [3.05, 3.63) is 84.4 Å². The van der Waals surface area contributed by atoms with Gasteiger partial charge in [0, 0.05) is 25.7 Å². The normalized spacial score (nSPS) is 14.7. The summed E-state index contributed by atoms with van der Waals surface area (Å²) in [5.41, 5.74) is 5.84. The van der Waals surface area contributed by atoms with Gasteiger partial charge in [-0.05, 0) is 23.9 Å². The number of hydrogen-bond acceptors (Lipinski definition) is 1. The summed E-state index contributed by atoms with van der Waals surface area (Å²) in [6, 6.07) is 28.4. The Morgan fingerprint density at radius 1 is 0.885 bits per heavy atom. The molecule has 0 amide bonds. The molecule has 0 aliphatic carbocycles. The van der Waals surface area contributed by atoms with Gasteiger partial charge in [-0.3, -0.25) is 4.58 Å². The minimum Gasteiger partial charge on any atom is -0.299 e. The zero-order valence-electron chi connectivity index (χ0n) is 14.3. The summed E-state index contributed by atoms with van der Waals surface area (Å²) in [6.45, 7) is 0. The topological polar surface area (TPSA) is 9.26 Å². The molecule has 0 bridgehead atoms. The van der Waals surface area contributed by atoms with Crippen molar-refractivity contribution in [2.24, 2.45) is 0 Å². The standard InChI is InChI=1S/C22H17N3.Ir/c1-23-16-24(18-10-3-2-4-11-18)20-13-7-8-14-21(20)25-19-12-6-5-9-17(19)15-22(23)25;/h2-10,12-14H,15H2,1H3;. The van der Waals surface area contributed by atoms with Gasteiger partial charge < -0.3 is 0 Å². The van der Waals surface area contributed by atoms with E-state index in [1.54, 1.807) is 0 Å². The van der Waals surface area contributed by atoms with Gasteiger partial charge in [-0.2, -0.15) is 30.3 Å². The maximum Gasteiger partial charge on any atom is 0.320 e. The maximum atomic E-state index is 3.51. The molecule has 3 aromatic carbocycles. The van der Waals surface area contributed by atoms with Crippen LogP contribution in [-0.4, -0.2) is 23.8 Å². The molecule has 2 aliphatic heterocycles. The molecule has 0 fully saturated rings. The van der Waals surface area contributed by atoms with Gasteiger partial charge in [0.1, 0.15) is 5.69 Å². The van der Waals surface area contributed by atoms with Gasteiger partial charge in [-0.15, -0.1) is 0 Å². The van der Waals surface area contributed by atoms with Crippen LogP contribution in [-0.2, 0) is 26.5 Å². The van der Waals surface area contributed by atoms with E-state index in [4.69, 9.17) is 0 Å². The Bertz CT molecular complexity index is 1040. The molecular formula is C22H17IrN3. The number of hydrogen-bond donors (Lipinski definition) is 0. The number of benzene rings is 3. The molecule has 2 heterocycles. The van der Waals surface area contributed by atoms with Crippen LogP contribution in [0.1, 0.15) is 5.56 Å². The molecule has 0 saturated carbocycles. The summed E-state index contributed by atoms with van der Waals surface area (Å²) in [6.07, 6.45) is 4.42. The van der Waals surface area contributed by atoms with E-state index >= 15 is 0 Å². The van der Waals surface area contributed by atoms with Crippen LogP contribution in [0.25, 0.3) is 0 Å². The predicted molar refractivity (Wildman–Crippen MR) is 102 cm³/mol. The van der Waals surface area contributed by atoms with E-state index < -0.39 is 0 Å². The molecule has 0 atom stereocenters. The van der Waals surface area contributed by atoms with Crippen LogP contribution in [0.2, 0.25) is 0 Å². The van der Waals surface area contributed by atoms with Crippen LogP contribution in [0.3, 0.4) is 0 Å². The number of para-hydroxylation sites is 4. The summed E-state index contributed by atoms with van der Waals surface area (Å²) >= 11 is 0. The first kappa shape index (κ1) is 16.9. The average molecular weight is 516 g/mol. The number of rotatable bonds is 1. The summed E-state index contributed by atoms with van der Waals surface area (Å²) in [7, 11) is 2.07. The van der Waals surface area contributed by atoms with E-state index in [-0.39, 0.29) is 20.1 Å². The number of anilines is 2. The number of fused-ring (bicyclic) bond motifs is 5. The van der Waals surface area contributed by atoms with E-state index in [1.807, 2.05) is 18.2 Å². The fourth-order valence-electron chi connectivity index (χ4n) is 3.61. The predicted octanol–water partition coefficient (Wildman–Crippen LogP) is 3.97. The van der Waals surface area contributed by atoms with Crippen molar-refractivity contribution in [3.63, 3.8) is 0 Å². The first-order chi connectivity index (χ1) is 12.3. The van der Waals surface area contributed by atoms with E-state index in [0.717, 1.165) is 23.5 Å². The zero-order chi connectivity index (χ0) is 16.8. The van der Waals surface area contributed by atoms with Crippen LogP contribution in [0.5, 0.6) is 0 Å². The second-order valence-electron chi connectivity index (χ2n) is 6.29. The molecule has 5 rings (SSSR count). The van der Waals surface area contributed by atoms with E-state index in [0.29, 0.717) is 0 Å². The molecule has 0 unspecified atom stereocenters. The Morgan fingerprint density at radius 2 is 1.62 bits per heavy atom. The Labute approximate surface area is 166 Å². The Balaban J connectivity index is 0.00000168. The minimum absolute atomic E-state index is 0. The van der Waals surface area contributed by atoms with Crippen LogP contribution in [0, 0.1) is 6.07 Å². The van der Waals surface area contributed by atoms with E-state index in [9.17, 15) is 0 Å². The van der Waals surface area contributed by atoms with Crippen LogP contribution in [0.4, 0.5) is 22.7 Å². The van der Waals surface area contributed by atoms with Gasteiger partial charge in [-0.25, -0.2) is 9.48 Å². The molecular weight excluding hydrogens is 498 g/mol. The average Bonchev–Trinajstić information content (AvgIpc) is 3.01. The monoisotopic (exact) mass is 516 g/mol. The molecule has 129 valence electrons. The number of nitrogens with zero attached hydrogens (tertiary/aromatic N) is 3. The fourth-order valence-corrected chi connectivity index (χ4v) is 3.61. The molecule has 2 aliphatic rings. The van der Waals surface area contributed by atoms with Crippen LogP contribution in [0.15, 0.2) is 72.8 Å². The van der Waals surface area contributed by atoms with Crippen molar-refractivity contribution in [2.75, 3.05) is 11.9 Å². The van der Waals surface area contributed by atoms with Crippen molar-refractivity contribution in [3.8, 4) is 0 Å². The van der Waals surface area contributed by atoms with E-state index in [2.05, 4.69) is 88.1 Å². The third-order valence-corrected chi connectivity index (χ3v) is 4.77. The zero-order valence-corrected chi connectivity index (χ0v) is 16.7. The summed E-state index contributed by atoms with van der Waals surface area (Å²) < 4.78 is 4.18. The van der Waals surface area contributed by atoms with Crippen molar-refractivity contribution < 1.29 is 24.7 Å². The molecule has 0 spiro atoms. The molecule has 3 aromatic rings. The van der Waals surface area contributed by atoms with Crippen LogP contribution < -0.4 is 9.48 Å². The third kappa shape index (κ3) is 2.54. The van der Waals surface area contributed by atoms with Gasteiger partial charge in [0.15, 0.2) is 11.4 Å². The molecule has 0 N–H and O–H groups in total.